The summed E-state index contributed by atoms with van der Waals surface area (Å²) in [7, 11) is 0. The number of likely N-dealkylation sites (tertiary alicyclic amines) is 1. The lowest BCUT2D eigenvalue weighted by molar-refractivity contribution is 0.170. The largest absolute Gasteiger partial charge is 0.314 e. The summed E-state index contributed by atoms with van der Waals surface area (Å²) in [5.74, 6) is -1.17. The van der Waals surface area contributed by atoms with Gasteiger partial charge >= 0.3 is 0 Å². The predicted molar refractivity (Wildman–Crippen MR) is 108 cm³/mol. The Balaban J connectivity index is 0.00000225. The Morgan fingerprint density at radius 2 is 1.89 bits per heavy atom. The van der Waals surface area contributed by atoms with E-state index in [9.17, 15) is 8.78 Å². The topological polar surface area (TPSA) is 36.3 Å². The van der Waals surface area contributed by atoms with Crippen molar-refractivity contribution in [1.29, 1.82) is 0 Å². The molecule has 0 amide bonds. The second-order valence-corrected chi connectivity index (χ2v) is 7.62. The molecule has 1 unspecified atom stereocenters. The second kappa shape index (κ2) is 8.86. The van der Waals surface area contributed by atoms with Crippen LogP contribution in [0.2, 0.25) is 0 Å². The maximum atomic E-state index is 14.2. The molecule has 0 saturated carbocycles. The molecule has 4 rings (SSSR count). The minimum atomic E-state index is -0.591. The standard InChI is InChI=1S/C20H27F2N5.ClH/c1-14-18(13-25-8-5-17(12-25)26-9-6-23-7-10-26)15(2)27(24-14)20-4-3-16(21)11-19(20)22;/h3-4,11,17,23H,5-10,12-13H2,1-2H3;1H. The molecule has 1 aromatic heterocycles. The monoisotopic (exact) mass is 411 g/mol. The van der Waals surface area contributed by atoms with Gasteiger partial charge < -0.3 is 5.32 Å². The van der Waals surface area contributed by atoms with Crippen LogP contribution in [0, 0.1) is 25.5 Å². The van der Waals surface area contributed by atoms with Crippen molar-refractivity contribution in [2.45, 2.75) is 32.9 Å². The van der Waals surface area contributed by atoms with Gasteiger partial charge in [-0.15, -0.1) is 12.4 Å². The molecule has 3 heterocycles. The van der Waals surface area contributed by atoms with Crippen molar-refractivity contribution in [3.05, 3.63) is 46.8 Å². The number of hydrogen-bond acceptors (Lipinski definition) is 4. The molecule has 2 aliphatic rings. The van der Waals surface area contributed by atoms with E-state index in [2.05, 4.69) is 20.2 Å². The predicted octanol–water partition coefficient (Wildman–Crippen LogP) is 2.67. The van der Waals surface area contributed by atoms with Crippen LogP contribution in [0.4, 0.5) is 8.78 Å². The molecular weight excluding hydrogens is 384 g/mol. The normalized spacial score (nSPS) is 21.1. The van der Waals surface area contributed by atoms with Gasteiger partial charge in [0.15, 0.2) is 5.82 Å². The first-order chi connectivity index (χ1) is 13.0. The maximum Gasteiger partial charge on any atom is 0.151 e. The van der Waals surface area contributed by atoms with Gasteiger partial charge in [-0.05, 0) is 32.4 Å². The fourth-order valence-corrected chi connectivity index (χ4v) is 4.32. The maximum absolute atomic E-state index is 14.2. The smallest absolute Gasteiger partial charge is 0.151 e. The highest BCUT2D eigenvalue weighted by molar-refractivity contribution is 5.85. The Kier molecular flexibility index (Phi) is 6.70. The highest BCUT2D eigenvalue weighted by Crippen LogP contribution is 2.24. The molecular formula is C20H28ClF2N5. The van der Waals surface area contributed by atoms with Crippen molar-refractivity contribution in [2.24, 2.45) is 0 Å². The van der Waals surface area contributed by atoms with E-state index in [-0.39, 0.29) is 12.4 Å². The van der Waals surface area contributed by atoms with Crippen molar-refractivity contribution in [3.63, 3.8) is 0 Å². The molecule has 1 N–H and O–H groups in total. The van der Waals surface area contributed by atoms with Crippen LogP contribution in [0.1, 0.15) is 23.4 Å². The van der Waals surface area contributed by atoms with E-state index in [1.807, 2.05) is 13.8 Å². The summed E-state index contributed by atoms with van der Waals surface area (Å²) in [4.78, 5) is 5.06. The SMILES string of the molecule is Cc1nn(-c2ccc(F)cc2F)c(C)c1CN1CCC(N2CCNCC2)C1.Cl. The van der Waals surface area contributed by atoms with Gasteiger partial charge in [0, 0.05) is 69.2 Å². The molecule has 154 valence electrons. The fraction of sp³-hybridized carbons (Fsp3) is 0.550. The summed E-state index contributed by atoms with van der Waals surface area (Å²) < 4.78 is 29.0. The first kappa shape index (κ1) is 21.2. The number of nitrogens with zero attached hydrogens (tertiary/aromatic N) is 4. The number of halogens is 3. The molecule has 28 heavy (non-hydrogen) atoms. The van der Waals surface area contributed by atoms with Gasteiger partial charge in [0.1, 0.15) is 11.5 Å². The summed E-state index contributed by atoms with van der Waals surface area (Å²) in [6.45, 7) is 11.3. The Labute approximate surface area is 171 Å². The lowest BCUT2D eigenvalue weighted by Crippen LogP contribution is -2.49. The molecule has 2 fully saturated rings. The zero-order valence-corrected chi connectivity index (χ0v) is 17.2. The van der Waals surface area contributed by atoms with Crippen LogP contribution in [-0.2, 0) is 6.54 Å². The highest BCUT2D eigenvalue weighted by atomic mass is 35.5. The molecule has 8 heteroatoms. The molecule has 1 atom stereocenters. The van der Waals surface area contributed by atoms with Crippen LogP contribution < -0.4 is 5.32 Å². The summed E-state index contributed by atoms with van der Waals surface area (Å²) in [6, 6.07) is 4.25. The Bertz CT molecular complexity index is 819. The van der Waals surface area contributed by atoms with Crippen molar-refractivity contribution in [2.75, 3.05) is 39.3 Å². The van der Waals surface area contributed by atoms with Crippen LogP contribution >= 0.6 is 12.4 Å². The Hall–Kier alpha value is -1.54. The lowest BCUT2D eigenvalue weighted by atomic mass is 10.2. The summed E-state index contributed by atoms with van der Waals surface area (Å²) >= 11 is 0. The molecule has 0 spiro atoms. The minimum Gasteiger partial charge on any atom is -0.314 e. The van der Waals surface area contributed by atoms with Crippen molar-refractivity contribution >= 4 is 12.4 Å². The lowest BCUT2D eigenvalue weighted by Gasteiger charge is -2.32. The average molecular weight is 412 g/mol. The third-order valence-corrected chi connectivity index (χ3v) is 5.88. The van der Waals surface area contributed by atoms with Gasteiger partial charge in [0.25, 0.3) is 0 Å². The molecule has 2 saturated heterocycles. The highest BCUT2D eigenvalue weighted by Gasteiger charge is 2.29. The van der Waals surface area contributed by atoms with Gasteiger partial charge in [-0.3, -0.25) is 9.80 Å². The number of piperazine rings is 1. The van der Waals surface area contributed by atoms with E-state index in [0.29, 0.717) is 11.7 Å². The fourth-order valence-electron chi connectivity index (χ4n) is 4.32. The third-order valence-electron chi connectivity index (χ3n) is 5.88. The van der Waals surface area contributed by atoms with Crippen molar-refractivity contribution in [1.82, 2.24) is 24.9 Å². The zero-order chi connectivity index (χ0) is 19.0. The average Bonchev–Trinajstić information content (AvgIpc) is 3.23. The minimum absolute atomic E-state index is 0. The first-order valence-corrected chi connectivity index (χ1v) is 9.70. The third kappa shape index (κ3) is 4.22. The van der Waals surface area contributed by atoms with Crippen LogP contribution in [-0.4, -0.2) is 64.9 Å². The van der Waals surface area contributed by atoms with Gasteiger partial charge in [-0.25, -0.2) is 13.5 Å². The van der Waals surface area contributed by atoms with E-state index >= 15 is 0 Å². The van der Waals surface area contributed by atoms with E-state index in [1.54, 1.807) is 4.68 Å². The molecule has 2 aromatic rings. The number of nitrogens with one attached hydrogen (secondary N) is 1. The van der Waals surface area contributed by atoms with E-state index < -0.39 is 11.6 Å². The van der Waals surface area contributed by atoms with Gasteiger partial charge in [0.05, 0.1) is 5.69 Å². The van der Waals surface area contributed by atoms with Crippen molar-refractivity contribution < 1.29 is 8.78 Å². The number of hydrogen-bond donors (Lipinski definition) is 1. The quantitative estimate of drug-likeness (QED) is 0.839. The summed E-state index contributed by atoms with van der Waals surface area (Å²) in [5, 5.41) is 7.94. The van der Waals surface area contributed by atoms with Crippen LogP contribution in [0.15, 0.2) is 18.2 Å². The zero-order valence-electron chi connectivity index (χ0n) is 16.4. The molecule has 2 aliphatic heterocycles. The van der Waals surface area contributed by atoms with Gasteiger partial charge in [-0.2, -0.15) is 5.10 Å². The van der Waals surface area contributed by atoms with Crippen LogP contribution in [0.5, 0.6) is 0 Å². The van der Waals surface area contributed by atoms with Crippen LogP contribution in [0.25, 0.3) is 5.69 Å². The molecule has 0 aliphatic carbocycles. The van der Waals surface area contributed by atoms with Gasteiger partial charge in [-0.1, -0.05) is 0 Å². The summed E-state index contributed by atoms with van der Waals surface area (Å²) in [5.41, 5.74) is 3.26. The number of rotatable bonds is 4. The molecule has 1 aromatic carbocycles. The van der Waals surface area contributed by atoms with E-state index in [0.717, 1.165) is 68.8 Å². The summed E-state index contributed by atoms with van der Waals surface area (Å²) in [6.07, 6.45) is 1.19. The molecule has 0 radical (unpaired) electrons. The van der Waals surface area contributed by atoms with E-state index in [4.69, 9.17) is 0 Å². The Morgan fingerprint density at radius 3 is 2.61 bits per heavy atom. The van der Waals surface area contributed by atoms with Crippen LogP contribution in [0.3, 0.4) is 0 Å². The number of aryl methyl sites for hydroxylation is 1. The molecule has 5 nitrogen and oxygen atoms in total. The van der Waals surface area contributed by atoms with E-state index in [1.165, 1.54) is 18.6 Å². The Morgan fingerprint density at radius 1 is 1.14 bits per heavy atom. The first-order valence-electron chi connectivity index (χ1n) is 9.70. The number of benzene rings is 1. The molecule has 0 bridgehead atoms. The second-order valence-electron chi connectivity index (χ2n) is 7.62. The van der Waals surface area contributed by atoms with Crippen molar-refractivity contribution in [3.8, 4) is 5.69 Å². The number of aromatic nitrogens is 2. The van der Waals surface area contributed by atoms with Gasteiger partial charge in [0.2, 0.25) is 0 Å².